The van der Waals surface area contributed by atoms with Crippen molar-refractivity contribution in [1.82, 2.24) is 25.0 Å². The molecule has 2 N–H and O–H groups in total. The highest BCUT2D eigenvalue weighted by Gasteiger charge is 2.23. The quantitative estimate of drug-likeness (QED) is 0.828. The van der Waals surface area contributed by atoms with Crippen LogP contribution in [0.25, 0.3) is 0 Å². The second kappa shape index (κ2) is 7.05. The second-order valence-electron chi connectivity index (χ2n) is 5.38. The lowest BCUT2D eigenvalue weighted by molar-refractivity contribution is -0.137. The predicted molar refractivity (Wildman–Crippen MR) is 74.4 cm³/mol. The molecule has 1 aliphatic rings. The van der Waals surface area contributed by atoms with Crippen molar-refractivity contribution in [3.63, 3.8) is 0 Å². The number of carbonyl (C=O) groups excluding carboxylic acids is 1. The molecule has 0 radical (unpaired) electrons. The van der Waals surface area contributed by atoms with Crippen LogP contribution in [-0.4, -0.2) is 49.9 Å². The molecule has 0 saturated carbocycles. The van der Waals surface area contributed by atoms with Crippen molar-refractivity contribution in [2.45, 2.75) is 32.2 Å². The molecule has 1 aliphatic heterocycles. The average Bonchev–Trinajstić information content (AvgIpc) is 2.88. The average molecular weight is 295 g/mol. The van der Waals surface area contributed by atoms with Gasteiger partial charge in [-0.2, -0.15) is 0 Å². The standard InChI is InChI=1S/C13H21N5O3/c1-17-9-15-16-11(17)8-14-13(21)18-6-4-10(5-7-18)2-3-12(19)20/h9-10H,2-8H2,1H3,(H,14,21)(H,19,20). The molecule has 8 nitrogen and oxygen atoms in total. The lowest BCUT2D eigenvalue weighted by Gasteiger charge is -2.31. The first kappa shape index (κ1) is 15.3. The number of piperidine rings is 1. The van der Waals surface area contributed by atoms with E-state index in [1.165, 1.54) is 0 Å². The van der Waals surface area contributed by atoms with Crippen molar-refractivity contribution in [3.8, 4) is 0 Å². The Morgan fingerprint density at radius 1 is 1.43 bits per heavy atom. The van der Waals surface area contributed by atoms with Crippen LogP contribution < -0.4 is 5.32 Å². The molecule has 0 unspecified atom stereocenters. The number of aliphatic carboxylic acids is 1. The van der Waals surface area contributed by atoms with Crippen molar-refractivity contribution >= 4 is 12.0 Å². The SMILES string of the molecule is Cn1cnnc1CNC(=O)N1CCC(CCC(=O)O)CC1. The van der Waals surface area contributed by atoms with E-state index in [-0.39, 0.29) is 12.5 Å². The van der Waals surface area contributed by atoms with E-state index in [2.05, 4.69) is 15.5 Å². The minimum Gasteiger partial charge on any atom is -0.481 e. The van der Waals surface area contributed by atoms with Crippen molar-refractivity contribution < 1.29 is 14.7 Å². The maximum Gasteiger partial charge on any atom is 0.317 e. The summed E-state index contributed by atoms with van der Waals surface area (Å²) >= 11 is 0. The summed E-state index contributed by atoms with van der Waals surface area (Å²) in [5.74, 6) is 0.363. The number of carboxylic acids is 1. The molecular weight excluding hydrogens is 274 g/mol. The molecule has 1 fully saturated rings. The van der Waals surface area contributed by atoms with Gasteiger partial charge in [-0.3, -0.25) is 4.79 Å². The van der Waals surface area contributed by atoms with Crippen LogP contribution in [-0.2, 0) is 18.4 Å². The van der Waals surface area contributed by atoms with Crippen molar-refractivity contribution in [3.05, 3.63) is 12.2 Å². The summed E-state index contributed by atoms with van der Waals surface area (Å²) in [5.41, 5.74) is 0. The zero-order valence-corrected chi connectivity index (χ0v) is 12.2. The molecule has 0 bridgehead atoms. The summed E-state index contributed by atoms with van der Waals surface area (Å²) in [6, 6.07) is -0.102. The van der Waals surface area contributed by atoms with E-state index in [1.807, 2.05) is 7.05 Å². The van der Waals surface area contributed by atoms with Crippen LogP contribution in [0.15, 0.2) is 6.33 Å². The molecule has 1 saturated heterocycles. The van der Waals surface area contributed by atoms with Gasteiger partial charge in [0.1, 0.15) is 6.33 Å². The molecule has 0 atom stereocenters. The molecule has 2 amide bonds. The maximum absolute atomic E-state index is 12.0. The Bertz CT molecular complexity index is 494. The van der Waals surface area contributed by atoms with E-state index in [1.54, 1.807) is 15.8 Å². The van der Waals surface area contributed by atoms with E-state index < -0.39 is 5.97 Å². The first-order chi connectivity index (χ1) is 10.1. The number of carbonyl (C=O) groups is 2. The lowest BCUT2D eigenvalue weighted by atomic mass is 9.92. The Morgan fingerprint density at radius 3 is 2.71 bits per heavy atom. The number of carboxylic acid groups (broad SMARTS) is 1. The molecule has 0 spiro atoms. The van der Waals surface area contributed by atoms with Crippen molar-refractivity contribution in [2.75, 3.05) is 13.1 Å². The first-order valence-corrected chi connectivity index (χ1v) is 7.13. The van der Waals surface area contributed by atoms with Gasteiger partial charge >= 0.3 is 12.0 Å². The fourth-order valence-corrected chi connectivity index (χ4v) is 2.49. The van der Waals surface area contributed by atoms with Gasteiger partial charge in [-0.05, 0) is 25.2 Å². The number of urea groups is 1. The highest BCUT2D eigenvalue weighted by atomic mass is 16.4. The third kappa shape index (κ3) is 4.44. The number of amides is 2. The zero-order valence-electron chi connectivity index (χ0n) is 12.2. The van der Waals surface area contributed by atoms with Crippen LogP contribution in [0.1, 0.15) is 31.5 Å². The summed E-state index contributed by atoms with van der Waals surface area (Å²) in [6.45, 7) is 1.71. The Morgan fingerprint density at radius 2 is 2.14 bits per heavy atom. The number of nitrogens with one attached hydrogen (secondary N) is 1. The summed E-state index contributed by atoms with van der Waals surface area (Å²) in [6.07, 6.45) is 4.23. The molecule has 2 heterocycles. The van der Waals surface area contributed by atoms with E-state index in [0.717, 1.165) is 12.8 Å². The minimum absolute atomic E-state index is 0.102. The Labute approximate surface area is 123 Å². The van der Waals surface area contributed by atoms with Crippen LogP contribution in [0.3, 0.4) is 0 Å². The smallest absolute Gasteiger partial charge is 0.317 e. The number of hydrogen-bond acceptors (Lipinski definition) is 4. The number of nitrogens with zero attached hydrogens (tertiary/aromatic N) is 4. The van der Waals surface area contributed by atoms with Gasteiger partial charge in [0, 0.05) is 26.6 Å². The number of hydrogen-bond donors (Lipinski definition) is 2. The summed E-state index contributed by atoms with van der Waals surface area (Å²) < 4.78 is 1.76. The van der Waals surface area contributed by atoms with Crippen LogP contribution >= 0.6 is 0 Å². The molecule has 0 aromatic carbocycles. The monoisotopic (exact) mass is 295 g/mol. The third-order valence-electron chi connectivity index (χ3n) is 3.87. The van der Waals surface area contributed by atoms with E-state index in [4.69, 9.17) is 5.11 Å². The number of rotatable bonds is 5. The number of aromatic nitrogens is 3. The first-order valence-electron chi connectivity index (χ1n) is 7.13. The molecule has 0 aliphatic carbocycles. The van der Waals surface area contributed by atoms with Gasteiger partial charge in [0.05, 0.1) is 6.54 Å². The van der Waals surface area contributed by atoms with Crippen LogP contribution in [0.5, 0.6) is 0 Å². The van der Waals surface area contributed by atoms with Gasteiger partial charge in [0.25, 0.3) is 0 Å². The van der Waals surface area contributed by atoms with Gasteiger partial charge < -0.3 is 19.9 Å². The maximum atomic E-state index is 12.0. The molecule has 2 rings (SSSR count). The molecule has 116 valence electrons. The fraction of sp³-hybridized carbons (Fsp3) is 0.692. The molecule has 8 heteroatoms. The summed E-state index contributed by atoms with van der Waals surface area (Å²) in [5, 5.41) is 19.2. The van der Waals surface area contributed by atoms with E-state index in [0.29, 0.717) is 37.8 Å². The van der Waals surface area contributed by atoms with E-state index in [9.17, 15) is 9.59 Å². The van der Waals surface area contributed by atoms with Crippen LogP contribution in [0.4, 0.5) is 4.79 Å². The highest BCUT2D eigenvalue weighted by Crippen LogP contribution is 2.21. The van der Waals surface area contributed by atoms with E-state index >= 15 is 0 Å². The minimum atomic E-state index is -0.751. The third-order valence-corrected chi connectivity index (χ3v) is 3.87. The topological polar surface area (TPSA) is 100 Å². The predicted octanol–water partition coefficient (Wildman–Crippen LogP) is 0.601. The summed E-state index contributed by atoms with van der Waals surface area (Å²) in [4.78, 5) is 24.4. The van der Waals surface area contributed by atoms with Gasteiger partial charge in [0.15, 0.2) is 5.82 Å². The summed E-state index contributed by atoms with van der Waals surface area (Å²) in [7, 11) is 1.83. The van der Waals surface area contributed by atoms with Gasteiger partial charge in [-0.25, -0.2) is 4.79 Å². The fourth-order valence-electron chi connectivity index (χ4n) is 2.49. The van der Waals surface area contributed by atoms with Crippen molar-refractivity contribution in [2.24, 2.45) is 13.0 Å². The second-order valence-corrected chi connectivity index (χ2v) is 5.38. The molecule has 1 aromatic rings. The van der Waals surface area contributed by atoms with Crippen molar-refractivity contribution in [1.29, 1.82) is 0 Å². The van der Waals surface area contributed by atoms with Gasteiger partial charge in [-0.1, -0.05) is 0 Å². The number of aryl methyl sites for hydroxylation is 1. The normalized spacial score (nSPS) is 16.0. The molecule has 21 heavy (non-hydrogen) atoms. The molecule has 1 aromatic heterocycles. The Hall–Kier alpha value is -2.12. The van der Waals surface area contributed by atoms with Crippen LogP contribution in [0.2, 0.25) is 0 Å². The zero-order chi connectivity index (χ0) is 15.2. The molecular formula is C13H21N5O3. The largest absolute Gasteiger partial charge is 0.481 e. The number of likely N-dealkylation sites (tertiary alicyclic amines) is 1. The Kier molecular flexibility index (Phi) is 5.13. The van der Waals surface area contributed by atoms with Gasteiger partial charge in [0.2, 0.25) is 0 Å². The van der Waals surface area contributed by atoms with Crippen LogP contribution in [0, 0.1) is 5.92 Å². The highest BCUT2D eigenvalue weighted by molar-refractivity contribution is 5.74. The lowest BCUT2D eigenvalue weighted by Crippen LogP contribution is -2.44. The van der Waals surface area contributed by atoms with Gasteiger partial charge in [-0.15, -0.1) is 10.2 Å². The Balaban J connectivity index is 1.70.